The van der Waals surface area contributed by atoms with Crippen molar-refractivity contribution in [3.63, 3.8) is 0 Å². The van der Waals surface area contributed by atoms with Crippen molar-refractivity contribution in [2.45, 2.75) is 65.1 Å². The van der Waals surface area contributed by atoms with Gasteiger partial charge in [0.15, 0.2) is 5.78 Å². The highest BCUT2D eigenvalue weighted by atomic mass is 16.5. The molecule has 21 heavy (non-hydrogen) atoms. The Bertz CT molecular complexity index is 454. The zero-order valence-electron chi connectivity index (χ0n) is 13.4. The van der Waals surface area contributed by atoms with E-state index in [1.165, 1.54) is 6.92 Å². The first-order valence-corrected chi connectivity index (χ1v) is 7.37. The minimum atomic E-state index is -0.898. The molecular formula is C17H26O4. The van der Waals surface area contributed by atoms with Gasteiger partial charge in [0, 0.05) is 19.8 Å². The van der Waals surface area contributed by atoms with Gasteiger partial charge in [0.25, 0.3) is 0 Å². The molecule has 0 radical (unpaired) electrons. The summed E-state index contributed by atoms with van der Waals surface area (Å²) in [4.78, 5) is 23.4. The lowest BCUT2D eigenvalue weighted by Crippen LogP contribution is -2.33. The molecule has 118 valence electrons. The van der Waals surface area contributed by atoms with E-state index in [9.17, 15) is 14.7 Å². The maximum absolute atomic E-state index is 12.2. The average Bonchev–Trinajstić information content (AvgIpc) is 2.30. The minimum Gasteiger partial charge on any atom is -0.458 e. The summed E-state index contributed by atoms with van der Waals surface area (Å²) in [5.41, 5.74) is 0.643. The van der Waals surface area contributed by atoms with Gasteiger partial charge in [0.05, 0.1) is 5.60 Å². The molecular weight excluding hydrogens is 268 g/mol. The lowest BCUT2D eigenvalue weighted by Gasteiger charge is -2.30. The summed E-state index contributed by atoms with van der Waals surface area (Å²) in [5, 5.41) is 10.2. The molecule has 0 fully saturated rings. The van der Waals surface area contributed by atoms with Gasteiger partial charge in [-0.25, -0.2) is 0 Å². The smallest absolute Gasteiger partial charge is 0.303 e. The van der Waals surface area contributed by atoms with Crippen molar-refractivity contribution in [3.8, 4) is 0 Å². The first-order chi connectivity index (χ1) is 9.59. The van der Waals surface area contributed by atoms with Gasteiger partial charge in [-0.3, -0.25) is 9.59 Å². The summed E-state index contributed by atoms with van der Waals surface area (Å²) >= 11 is 0. The average molecular weight is 294 g/mol. The van der Waals surface area contributed by atoms with Crippen LogP contribution in [0.5, 0.6) is 0 Å². The van der Waals surface area contributed by atoms with Crippen molar-refractivity contribution in [1.82, 2.24) is 0 Å². The van der Waals surface area contributed by atoms with Gasteiger partial charge in [-0.15, -0.1) is 0 Å². The summed E-state index contributed by atoms with van der Waals surface area (Å²) < 4.78 is 5.23. The van der Waals surface area contributed by atoms with Crippen LogP contribution in [-0.4, -0.2) is 28.6 Å². The van der Waals surface area contributed by atoms with E-state index in [-0.39, 0.29) is 24.1 Å². The fraction of sp³-hybridized carbons (Fsp3) is 0.647. The van der Waals surface area contributed by atoms with E-state index >= 15 is 0 Å². The highest BCUT2D eigenvalue weighted by Crippen LogP contribution is 2.30. The number of ether oxygens (including phenoxy) is 1. The quantitative estimate of drug-likeness (QED) is 0.483. The third kappa shape index (κ3) is 5.84. The normalized spacial score (nSPS) is 25.3. The summed E-state index contributed by atoms with van der Waals surface area (Å²) in [7, 11) is 0. The SMILES string of the molecule is C=C1C[C@@H](OC(C)=O)C=C(C)CC[C@@H](C(C)(C)O)CC1=O. The van der Waals surface area contributed by atoms with E-state index in [4.69, 9.17) is 4.74 Å². The Morgan fingerprint density at radius 1 is 1.43 bits per heavy atom. The number of Topliss-reactive ketones (excluding diaryl/α,β-unsaturated/α-hetero) is 1. The second-order valence-electron chi connectivity index (χ2n) is 6.49. The first-order valence-electron chi connectivity index (χ1n) is 7.37. The lowest BCUT2D eigenvalue weighted by molar-refractivity contribution is -0.144. The fourth-order valence-corrected chi connectivity index (χ4v) is 2.58. The zero-order valence-corrected chi connectivity index (χ0v) is 13.4. The molecule has 0 aromatic heterocycles. The van der Waals surface area contributed by atoms with Gasteiger partial charge in [0.1, 0.15) is 6.10 Å². The lowest BCUT2D eigenvalue weighted by atomic mass is 9.80. The Morgan fingerprint density at radius 2 is 2.05 bits per heavy atom. The second-order valence-corrected chi connectivity index (χ2v) is 6.49. The van der Waals surface area contributed by atoms with Crippen molar-refractivity contribution in [3.05, 3.63) is 23.8 Å². The predicted molar refractivity (Wildman–Crippen MR) is 81.7 cm³/mol. The maximum atomic E-state index is 12.2. The van der Waals surface area contributed by atoms with Gasteiger partial charge in [-0.1, -0.05) is 12.2 Å². The van der Waals surface area contributed by atoms with Crippen LogP contribution in [0.3, 0.4) is 0 Å². The van der Waals surface area contributed by atoms with Crippen molar-refractivity contribution in [2.75, 3.05) is 0 Å². The Kier molecular flexibility index (Phi) is 5.90. The summed E-state index contributed by atoms with van der Waals surface area (Å²) in [5.74, 6) is -0.529. The molecule has 0 aromatic carbocycles. The highest BCUT2D eigenvalue weighted by Gasteiger charge is 2.30. The van der Waals surface area contributed by atoms with Crippen LogP contribution in [0.4, 0.5) is 0 Å². The Labute approximate surface area is 126 Å². The van der Waals surface area contributed by atoms with E-state index in [1.54, 1.807) is 13.8 Å². The number of hydrogen-bond donors (Lipinski definition) is 1. The fourth-order valence-electron chi connectivity index (χ4n) is 2.58. The molecule has 0 saturated heterocycles. The largest absolute Gasteiger partial charge is 0.458 e. The van der Waals surface area contributed by atoms with Crippen molar-refractivity contribution < 1.29 is 19.4 Å². The first kappa shape index (κ1) is 17.6. The molecule has 1 rings (SSSR count). The number of hydrogen-bond acceptors (Lipinski definition) is 4. The van der Waals surface area contributed by atoms with Gasteiger partial charge >= 0.3 is 5.97 Å². The molecule has 0 heterocycles. The zero-order chi connectivity index (χ0) is 16.2. The van der Waals surface area contributed by atoms with Gasteiger partial charge in [-0.2, -0.15) is 0 Å². The summed E-state index contributed by atoms with van der Waals surface area (Å²) in [6.07, 6.45) is 3.53. The van der Waals surface area contributed by atoms with Crippen LogP contribution in [0, 0.1) is 5.92 Å². The second kappa shape index (κ2) is 7.03. The van der Waals surface area contributed by atoms with Crippen LogP contribution in [0.1, 0.15) is 53.4 Å². The number of rotatable bonds is 2. The van der Waals surface area contributed by atoms with Crippen LogP contribution in [-0.2, 0) is 14.3 Å². The van der Waals surface area contributed by atoms with Crippen LogP contribution in [0.25, 0.3) is 0 Å². The molecule has 0 spiro atoms. The summed E-state index contributed by atoms with van der Waals surface area (Å²) in [6, 6.07) is 0. The van der Waals surface area contributed by atoms with Crippen LogP contribution in [0.15, 0.2) is 23.8 Å². The molecule has 1 aliphatic carbocycles. The van der Waals surface area contributed by atoms with E-state index in [0.29, 0.717) is 12.0 Å². The molecule has 0 unspecified atom stereocenters. The molecule has 1 N–H and O–H groups in total. The third-order valence-electron chi connectivity index (χ3n) is 3.95. The van der Waals surface area contributed by atoms with E-state index < -0.39 is 11.7 Å². The van der Waals surface area contributed by atoms with Crippen LogP contribution >= 0.6 is 0 Å². The molecule has 0 saturated carbocycles. The predicted octanol–water partition coefficient (Wildman–Crippen LogP) is 2.95. The molecule has 0 bridgehead atoms. The maximum Gasteiger partial charge on any atom is 0.303 e. The van der Waals surface area contributed by atoms with Gasteiger partial charge in [-0.05, 0) is 51.2 Å². The standard InChI is InChI=1S/C17H26O4/c1-11-6-7-14(17(4,5)20)10-16(19)12(2)9-15(8-11)21-13(3)18/h8,14-15,20H,2,6-7,9-10H2,1,3-5H3/t14-,15+/m1/s1. The minimum absolute atomic E-state index is 0.0627. The van der Waals surface area contributed by atoms with Gasteiger partial charge in [0.2, 0.25) is 0 Å². The third-order valence-corrected chi connectivity index (χ3v) is 3.95. The van der Waals surface area contributed by atoms with E-state index in [0.717, 1.165) is 18.4 Å². The number of allylic oxidation sites excluding steroid dienone is 1. The molecule has 0 aromatic rings. The van der Waals surface area contributed by atoms with Crippen LogP contribution < -0.4 is 0 Å². The molecule has 0 amide bonds. The van der Waals surface area contributed by atoms with Crippen molar-refractivity contribution >= 4 is 11.8 Å². The number of ketones is 1. The Hall–Kier alpha value is -1.42. The highest BCUT2D eigenvalue weighted by molar-refractivity contribution is 5.95. The summed E-state index contributed by atoms with van der Waals surface area (Å²) in [6.45, 7) is 10.6. The van der Waals surface area contributed by atoms with Crippen molar-refractivity contribution in [2.24, 2.45) is 5.92 Å². The number of carbonyl (C=O) groups is 2. The number of esters is 1. The Morgan fingerprint density at radius 3 is 2.57 bits per heavy atom. The van der Waals surface area contributed by atoms with Crippen molar-refractivity contribution in [1.29, 1.82) is 0 Å². The molecule has 4 heteroatoms. The number of aliphatic hydroxyl groups is 1. The molecule has 4 nitrogen and oxygen atoms in total. The Balaban J connectivity index is 2.98. The van der Waals surface area contributed by atoms with E-state index in [2.05, 4.69) is 6.58 Å². The molecule has 1 aliphatic rings. The van der Waals surface area contributed by atoms with E-state index in [1.807, 2.05) is 13.0 Å². The molecule has 2 atom stereocenters. The molecule has 0 aliphatic heterocycles. The number of carbonyl (C=O) groups excluding carboxylic acids is 2. The topological polar surface area (TPSA) is 63.6 Å². The monoisotopic (exact) mass is 294 g/mol. The van der Waals surface area contributed by atoms with Gasteiger partial charge < -0.3 is 9.84 Å². The van der Waals surface area contributed by atoms with Crippen LogP contribution in [0.2, 0.25) is 0 Å².